The Morgan fingerprint density at radius 1 is 1.39 bits per heavy atom. The molecule has 1 N–H and O–H groups in total. The van der Waals surface area contributed by atoms with E-state index in [1.54, 1.807) is 6.07 Å². The first-order chi connectivity index (χ1) is 8.63. The number of benzene rings is 1. The molecule has 1 aromatic heterocycles. The number of halogens is 3. The zero-order valence-corrected chi connectivity index (χ0v) is 12.1. The Morgan fingerprint density at radius 2 is 2.17 bits per heavy atom. The molecule has 1 unspecified atom stereocenters. The first-order valence-corrected chi connectivity index (χ1v) is 7.22. The van der Waals surface area contributed by atoms with Crippen LogP contribution in [0.4, 0.5) is 8.78 Å². The number of rotatable bonds is 4. The van der Waals surface area contributed by atoms with E-state index in [9.17, 15) is 8.78 Å². The SMILES string of the molecule is CCNC(c1csc(Br)c1)c1cccc(F)c1F. The molecule has 0 spiro atoms. The second-order valence-corrected chi connectivity index (χ2v) is 6.11. The molecule has 0 bridgehead atoms. The molecule has 2 aromatic rings. The van der Waals surface area contributed by atoms with Gasteiger partial charge in [-0.3, -0.25) is 0 Å². The van der Waals surface area contributed by atoms with Gasteiger partial charge < -0.3 is 5.32 Å². The number of hydrogen-bond acceptors (Lipinski definition) is 2. The maximum atomic E-state index is 13.8. The average Bonchev–Trinajstić information content (AvgIpc) is 2.77. The summed E-state index contributed by atoms with van der Waals surface area (Å²) in [6.45, 7) is 2.61. The first kappa shape index (κ1) is 13.6. The van der Waals surface area contributed by atoms with Gasteiger partial charge in [0.15, 0.2) is 11.6 Å². The third kappa shape index (κ3) is 2.79. The van der Waals surface area contributed by atoms with E-state index in [1.165, 1.54) is 17.4 Å². The van der Waals surface area contributed by atoms with E-state index >= 15 is 0 Å². The maximum absolute atomic E-state index is 13.8. The molecule has 0 aliphatic rings. The van der Waals surface area contributed by atoms with E-state index in [4.69, 9.17) is 0 Å². The van der Waals surface area contributed by atoms with Crippen LogP contribution in [0.3, 0.4) is 0 Å². The van der Waals surface area contributed by atoms with Crippen LogP contribution < -0.4 is 5.32 Å². The van der Waals surface area contributed by atoms with Gasteiger partial charge in [-0.05, 0) is 45.6 Å². The normalized spacial score (nSPS) is 12.7. The third-order valence-electron chi connectivity index (χ3n) is 2.62. The van der Waals surface area contributed by atoms with Crippen molar-refractivity contribution in [2.24, 2.45) is 0 Å². The second-order valence-electron chi connectivity index (χ2n) is 3.82. The van der Waals surface area contributed by atoms with Crippen LogP contribution in [0.1, 0.15) is 24.1 Å². The summed E-state index contributed by atoms with van der Waals surface area (Å²) in [5, 5.41) is 5.11. The molecule has 0 amide bonds. The van der Waals surface area contributed by atoms with Gasteiger partial charge >= 0.3 is 0 Å². The molecule has 1 atom stereocenters. The molecular formula is C13H12BrF2NS. The fourth-order valence-electron chi connectivity index (χ4n) is 1.83. The molecule has 0 radical (unpaired) electrons. The highest BCUT2D eigenvalue weighted by atomic mass is 79.9. The lowest BCUT2D eigenvalue weighted by Gasteiger charge is -2.18. The Bertz CT molecular complexity index is 542. The van der Waals surface area contributed by atoms with Crippen molar-refractivity contribution < 1.29 is 8.78 Å². The highest BCUT2D eigenvalue weighted by Gasteiger charge is 2.20. The largest absolute Gasteiger partial charge is 0.306 e. The van der Waals surface area contributed by atoms with Gasteiger partial charge in [0.1, 0.15) is 0 Å². The summed E-state index contributed by atoms with van der Waals surface area (Å²) < 4.78 is 28.1. The molecule has 0 saturated carbocycles. The minimum Gasteiger partial charge on any atom is -0.306 e. The summed E-state index contributed by atoms with van der Waals surface area (Å²) in [5.74, 6) is -1.60. The van der Waals surface area contributed by atoms with Crippen LogP contribution in [0.2, 0.25) is 0 Å². The molecule has 0 fully saturated rings. The van der Waals surface area contributed by atoms with Crippen molar-refractivity contribution in [1.29, 1.82) is 0 Å². The first-order valence-electron chi connectivity index (χ1n) is 5.54. The monoisotopic (exact) mass is 331 g/mol. The standard InChI is InChI=1S/C13H12BrF2NS/c1-2-17-13(8-6-11(14)18-7-8)9-4-3-5-10(15)12(9)16/h3-7,13,17H,2H2,1H3. The second kappa shape index (κ2) is 5.91. The zero-order valence-electron chi connectivity index (χ0n) is 9.71. The molecule has 18 heavy (non-hydrogen) atoms. The van der Waals surface area contributed by atoms with Crippen molar-refractivity contribution in [2.45, 2.75) is 13.0 Å². The van der Waals surface area contributed by atoms with Crippen LogP contribution in [-0.2, 0) is 0 Å². The Hall–Kier alpha value is -0.780. The zero-order chi connectivity index (χ0) is 13.1. The van der Waals surface area contributed by atoms with Crippen LogP contribution in [0, 0.1) is 11.6 Å². The molecule has 1 aromatic carbocycles. The lowest BCUT2D eigenvalue weighted by atomic mass is 10.0. The lowest BCUT2D eigenvalue weighted by Crippen LogP contribution is -2.22. The number of thiophene rings is 1. The highest BCUT2D eigenvalue weighted by Crippen LogP contribution is 2.31. The Kier molecular flexibility index (Phi) is 4.48. The summed E-state index contributed by atoms with van der Waals surface area (Å²) in [6.07, 6.45) is 0. The topological polar surface area (TPSA) is 12.0 Å². The maximum Gasteiger partial charge on any atom is 0.163 e. The number of hydrogen-bond donors (Lipinski definition) is 1. The Balaban J connectivity index is 2.44. The molecule has 0 aliphatic carbocycles. The molecule has 1 nitrogen and oxygen atoms in total. The summed E-state index contributed by atoms with van der Waals surface area (Å²) in [4.78, 5) is 0. The lowest BCUT2D eigenvalue weighted by molar-refractivity contribution is 0.483. The van der Waals surface area contributed by atoms with Crippen LogP contribution in [0.25, 0.3) is 0 Å². The van der Waals surface area contributed by atoms with Gasteiger partial charge in [-0.25, -0.2) is 8.78 Å². The Morgan fingerprint density at radius 3 is 2.78 bits per heavy atom. The molecule has 5 heteroatoms. The third-order valence-corrected chi connectivity index (χ3v) is 4.14. The minimum absolute atomic E-state index is 0.326. The van der Waals surface area contributed by atoms with Gasteiger partial charge in [-0.2, -0.15) is 0 Å². The van der Waals surface area contributed by atoms with Gasteiger partial charge in [-0.1, -0.05) is 19.1 Å². The predicted molar refractivity (Wildman–Crippen MR) is 73.9 cm³/mol. The van der Waals surface area contributed by atoms with Gasteiger partial charge in [0.2, 0.25) is 0 Å². The summed E-state index contributed by atoms with van der Waals surface area (Å²) in [6, 6.07) is 5.86. The molecule has 0 aliphatic heterocycles. The fraction of sp³-hybridized carbons (Fsp3) is 0.231. The molecule has 0 saturated heterocycles. The van der Waals surface area contributed by atoms with Crippen LogP contribution in [0.15, 0.2) is 33.4 Å². The average molecular weight is 332 g/mol. The van der Waals surface area contributed by atoms with Gasteiger partial charge in [0, 0.05) is 5.56 Å². The van der Waals surface area contributed by atoms with Crippen LogP contribution in [0.5, 0.6) is 0 Å². The predicted octanol–water partition coefficient (Wildman–Crippen LogP) is 4.49. The fourth-order valence-corrected chi connectivity index (χ4v) is 3.03. The minimum atomic E-state index is -0.815. The van der Waals surface area contributed by atoms with E-state index in [-0.39, 0.29) is 6.04 Å². The molecule has 1 heterocycles. The molecule has 2 rings (SSSR count). The van der Waals surface area contributed by atoms with Crippen molar-refractivity contribution in [1.82, 2.24) is 5.32 Å². The summed E-state index contributed by atoms with van der Waals surface area (Å²) >= 11 is 4.90. The number of nitrogens with one attached hydrogen (secondary N) is 1. The van der Waals surface area contributed by atoms with Crippen molar-refractivity contribution in [3.05, 3.63) is 56.2 Å². The van der Waals surface area contributed by atoms with E-state index in [1.807, 2.05) is 18.4 Å². The van der Waals surface area contributed by atoms with E-state index in [2.05, 4.69) is 21.2 Å². The van der Waals surface area contributed by atoms with E-state index < -0.39 is 11.6 Å². The Labute approximate surface area is 117 Å². The van der Waals surface area contributed by atoms with Crippen molar-refractivity contribution in [2.75, 3.05) is 6.54 Å². The van der Waals surface area contributed by atoms with E-state index in [0.29, 0.717) is 12.1 Å². The van der Waals surface area contributed by atoms with E-state index in [0.717, 1.165) is 15.4 Å². The van der Waals surface area contributed by atoms with Crippen LogP contribution in [-0.4, -0.2) is 6.54 Å². The molecule has 96 valence electrons. The van der Waals surface area contributed by atoms with Crippen molar-refractivity contribution in [3.8, 4) is 0 Å². The van der Waals surface area contributed by atoms with Gasteiger partial charge in [-0.15, -0.1) is 11.3 Å². The van der Waals surface area contributed by atoms with Crippen molar-refractivity contribution in [3.63, 3.8) is 0 Å². The smallest absolute Gasteiger partial charge is 0.163 e. The summed E-state index contributed by atoms with van der Waals surface area (Å²) in [5.41, 5.74) is 1.26. The summed E-state index contributed by atoms with van der Waals surface area (Å²) in [7, 11) is 0. The van der Waals surface area contributed by atoms with Crippen LogP contribution >= 0.6 is 27.3 Å². The molecular weight excluding hydrogens is 320 g/mol. The van der Waals surface area contributed by atoms with Gasteiger partial charge in [0.05, 0.1) is 9.83 Å². The quantitative estimate of drug-likeness (QED) is 0.870. The highest BCUT2D eigenvalue weighted by molar-refractivity contribution is 9.11. The van der Waals surface area contributed by atoms with Gasteiger partial charge in [0.25, 0.3) is 0 Å². The van der Waals surface area contributed by atoms with Crippen molar-refractivity contribution >= 4 is 27.3 Å².